The van der Waals surface area contributed by atoms with Crippen LogP contribution in [-0.2, 0) is 11.3 Å². The Balaban J connectivity index is 1.60. The Kier molecular flexibility index (Phi) is 5.21. The second-order valence-electron chi connectivity index (χ2n) is 6.64. The van der Waals surface area contributed by atoms with E-state index in [4.69, 9.17) is 4.99 Å². The van der Waals surface area contributed by atoms with E-state index in [2.05, 4.69) is 42.5 Å². The number of nitrogens with zero attached hydrogens (tertiary/aromatic N) is 2. The van der Waals surface area contributed by atoms with E-state index in [1.165, 1.54) is 11.1 Å². The summed E-state index contributed by atoms with van der Waals surface area (Å²) >= 11 is 1.57. The van der Waals surface area contributed by atoms with Crippen LogP contribution >= 0.6 is 11.8 Å². The van der Waals surface area contributed by atoms with Crippen LogP contribution in [0.5, 0.6) is 0 Å². The number of carbonyl (C=O) groups is 1. The fourth-order valence-electron chi connectivity index (χ4n) is 3.49. The van der Waals surface area contributed by atoms with Crippen molar-refractivity contribution in [1.82, 2.24) is 4.90 Å². The third-order valence-corrected chi connectivity index (χ3v) is 5.79. The molecule has 3 nitrogen and oxygen atoms in total. The maximum atomic E-state index is 12.4. The summed E-state index contributed by atoms with van der Waals surface area (Å²) in [5.41, 5.74) is 3.67. The zero-order valence-corrected chi connectivity index (χ0v) is 15.5. The van der Waals surface area contributed by atoms with Gasteiger partial charge in [0.2, 0.25) is 5.91 Å². The maximum absolute atomic E-state index is 12.4. The zero-order chi connectivity index (χ0) is 17.8. The summed E-state index contributed by atoms with van der Waals surface area (Å²) in [5.74, 6) is 0.640. The summed E-state index contributed by atoms with van der Waals surface area (Å²) in [6.07, 6.45) is 5.61. The van der Waals surface area contributed by atoms with Gasteiger partial charge in [0.1, 0.15) is 0 Å². The molecule has 0 radical (unpaired) electrons. The minimum Gasteiger partial charge on any atom is -0.286 e. The first kappa shape index (κ1) is 17.1. The van der Waals surface area contributed by atoms with Crippen molar-refractivity contribution in [1.29, 1.82) is 0 Å². The second-order valence-corrected chi connectivity index (χ2v) is 7.58. The Hall–Kier alpha value is -2.33. The van der Waals surface area contributed by atoms with Gasteiger partial charge in [-0.2, -0.15) is 0 Å². The van der Waals surface area contributed by atoms with Gasteiger partial charge in [-0.05, 0) is 36.0 Å². The molecule has 0 N–H and O–H groups in total. The minimum atomic E-state index is 0.137. The molecule has 1 fully saturated rings. The minimum absolute atomic E-state index is 0.137. The van der Waals surface area contributed by atoms with Gasteiger partial charge >= 0.3 is 0 Å². The van der Waals surface area contributed by atoms with E-state index in [1.54, 1.807) is 11.8 Å². The molecule has 0 aromatic heterocycles. The Morgan fingerprint density at radius 1 is 1.04 bits per heavy atom. The Morgan fingerprint density at radius 2 is 1.77 bits per heavy atom. The summed E-state index contributed by atoms with van der Waals surface area (Å²) in [5, 5.41) is 0.868. The topological polar surface area (TPSA) is 32.7 Å². The number of amidine groups is 1. The van der Waals surface area contributed by atoms with E-state index in [9.17, 15) is 4.79 Å². The van der Waals surface area contributed by atoms with Crippen LogP contribution in [0.25, 0.3) is 5.57 Å². The summed E-state index contributed by atoms with van der Waals surface area (Å²) in [4.78, 5) is 19.3. The molecule has 1 saturated heterocycles. The van der Waals surface area contributed by atoms with Crippen LogP contribution in [0.3, 0.4) is 0 Å². The third kappa shape index (κ3) is 3.75. The quantitative estimate of drug-likeness (QED) is 0.786. The number of amides is 1. The highest BCUT2D eigenvalue weighted by molar-refractivity contribution is 8.15. The van der Waals surface area contributed by atoms with Gasteiger partial charge in [0.15, 0.2) is 5.17 Å². The molecule has 1 atom stereocenters. The molecule has 4 rings (SSSR count). The van der Waals surface area contributed by atoms with Crippen molar-refractivity contribution in [2.75, 3.05) is 5.75 Å². The molecule has 2 aromatic carbocycles. The molecular weight excluding hydrogens is 340 g/mol. The molecule has 0 saturated carbocycles. The molecule has 0 unspecified atom stereocenters. The molecule has 1 aliphatic carbocycles. The first-order valence-corrected chi connectivity index (χ1v) is 10.1. The number of rotatable bonds is 4. The fourth-order valence-corrected chi connectivity index (χ4v) is 4.42. The lowest BCUT2D eigenvalue weighted by atomic mass is 9.89. The van der Waals surface area contributed by atoms with Crippen molar-refractivity contribution in [2.24, 2.45) is 4.99 Å². The third-order valence-electron chi connectivity index (χ3n) is 4.82. The molecule has 0 spiro atoms. The Morgan fingerprint density at radius 3 is 2.54 bits per heavy atom. The Bertz CT molecular complexity index is 830. The van der Waals surface area contributed by atoms with Crippen molar-refractivity contribution in [2.45, 2.75) is 31.8 Å². The van der Waals surface area contributed by atoms with Gasteiger partial charge < -0.3 is 0 Å². The number of hydrogen-bond acceptors (Lipinski definition) is 3. The molecule has 0 bridgehead atoms. The summed E-state index contributed by atoms with van der Waals surface area (Å²) in [7, 11) is 0. The van der Waals surface area contributed by atoms with E-state index in [0.717, 1.165) is 30.0 Å². The molecule has 1 aliphatic heterocycles. The van der Waals surface area contributed by atoms with Gasteiger partial charge in [0.25, 0.3) is 0 Å². The molecular formula is C22H22N2OS. The van der Waals surface area contributed by atoms with Gasteiger partial charge in [-0.1, -0.05) is 78.5 Å². The molecule has 26 heavy (non-hydrogen) atoms. The van der Waals surface area contributed by atoms with Crippen molar-refractivity contribution < 1.29 is 4.79 Å². The van der Waals surface area contributed by atoms with Gasteiger partial charge in [-0.3, -0.25) is 14.7 Å². The lowest BCUT2D eigenvalue weighted by molar-refractivity contribution is -0.124. The van der Waals surface area contributed by atoms with E-state index in [1.807, 2.05) is 29.2 Å². The average Bonchev–Trinajstić information content (AvgIpc) is 3.03. The van der Waals surface area contributed by atoms with Crippen LogP contribution in [0.4, 0.5) is 0 Å². The van der Waals surface area contributed by atoms with E-state index < -0.39 is 0 Å². The van der Waals surface area contributed by atoms with Gasteiger partial charge in [-0.25, -0.2) is 0 Å². The van der Waals surface area contributed by atoms with Crippen LogP contribution in [0, 0.1) is 0 Å². The lowest BCUT2D eigenvalue weighted by Gasteiger charge is -2.24. The first-order valence-electron chi connectivity index (χ1n) is 9.11. The highest BCUT2D eigenvalue weighted by Crippen LogP contribution is 2.32. The molecule has 2 aliphatic rings. The smallest absolute Gasteiger partial charge is 0.239 e. The van der Waals surface area contributed by atoms with Crippen LogP contribution in [0.15, 0.2) is 71.7 Å². The van der Waals surface area contributed by atoms with Crippen LogP contribution in [-0.4, -0.2) is 27.8 Å². The van der Waals surface area contributed by atoms with Crippen molar-refractivity contribution in [3.8, 4) is 0 Å². The zero-order valence-electron chi connectivity index (χ0n) is 14.7. The van der Waals surface area contributed by atoms with Crippen LogP contribution in [0.2, 0.25) is 0 Å². The summed E-state index contributed by atoms with van der Waals surface area (Å²) in [6.45, 7) is 0.600. The number of allylic oxidation sites excluding steroid dienone is 1. The van der Waals surface area contributed by atoms with Crippen molar-refractivity contribution in [3.63, 3.8) is 0 Å². The van der Waals surface area contributed by atoms with E-state index in [0.29, 0.717) is 12.3 Å². The number of carbonyl (C=O) groups excluding carboxylic acids is 1. The molecule has 1 heterocycles. The maximum Gasteiger partial charge on any atom is 0.239 e. The highest BCUT2D eigenvalue weighted by atomic mass is 32.2. The van der Waals surface area contributed by atoms with E-state index >= 15 is 0 Å². The predicted molar refractivity (Wildman–Crippen MR) is 109 cm³/mol. The molecule has 2 aromatic rings. The Labute approximate surface area is 158 Å². The molecule has 4 heteroatoms. The van der Waals surface area contributed by atoms with Gasteiger partial charge in [-0.15, -0.1) is 0 Å². The molecule has 132 valence electrons. The fraction of sp³-hybridized carbons (Fsp3) is 0.273. The van der Waals surface area contributed by atoms with Crippen molar-refractivity contribution >= 4 is 28.4 Å². The summed E-state index contributed by atoms with van der Waals surface area (Å²) in [6, 6.07) is 20.8. The monoisotopic (exact) mass is 362 g/mol. The average molecular weight is 362 g/mol. The van der Waals surface area contributed by atoms with Crippen molar-refractivity contribution in [3.05, 3.63) is 77.9 Å². The summed E-state index contributed by atoms with van der Waals surface area (Å²) < 4.78 is 0. The van der Waals surface area contributed by atoms with Gasteiger partial charge in [0.05, 0.1) is 18.3 Å². The molecule has 1 amide bonds. The second kappa shape index (κ2) is 7.92. The SMILES string of the molecule is O=C1CSC(=N[C@@H]2CCCC=C2c2ccccc2)N1Cc1ccccc1. The standard InChI is InChI=1S/C22H22N2OS/c25-21-16-26-22(24(21)15-17-9-3-1-4-10-17)23-20-14-8-7-13-19(20)18-11-5-2-6-12-18/h1-6,9-13,20H,7-8,14-16H2/t20-/m1/s1. The highest BCUT2D eigenvalue weighted by Gasteiger charge is 2.30. The number of hydrogen-bond donors (Lipinski definition) is 0. The number of thioether (sulfide) groups is 1. The normalized spacial score (nSPS) is 21.9. The number of aliphatic imine (C=N–C) groups is 1. The lowest BCUT2D eigenvalue weighted by Crippen LogP contribution is -2.30. The van der Waals surface area contributed by atoms with Gasteiger partial charge in [0, 0.05) is 0 Å². The first-order chi connectivity index (χ1) is 12.8. The van der Waals surface area contributed by atoms with Crippen LogP contribution < -0.4 is 0 Å². The largest absolute Gasteiger partial charge is 0.286 e. The predicted octanol–water partition coefficient (Wildman–Crippen LogP) is 4.75. The number of benzene rings is 2. The van der Waals surface area contributed by atoms with Crippen LogP contribution in [0.1, 0.15) is 30.4 Å². The van der Waals surface area contributed by atoms with E-state index in [-0.39, 0.29) is 11.9 Å².